The third kappa shape index (κ3) is 3.13. The zero-order valence-electron chi connectivity index (χ0n) is 16.0. The summed E-state index contributed by atoms with van der Waals surface area (Å²) in [6, 6.07) is 0. The number of rotatable bonds is 4. The van der Waals surface area contributed by atoms with Crippen molar-refractivity contribution in [2.75, 3.05) is 31.3 Å². The van der Waals surface area contributed by atoms with Gasteiger partial charge in [-0.1, -0.05) is 0 Å². The van der Waals surface area contributed by atoms with Gasteiger partial charge in [0, 0.05) is 0 Å². The number of allylic oxidation sites excluding steroid dienone is 4. The first-order valence-corrected chi connectivity index (χ1v) is 15.0. The van der Waals surface area contributed by atoms with E-state index < -0.39 is 6.60 Å². The topological polar surface area (TPSA) is 0 Å². The maximum absolute atomic E-state index is 2.69. The van der Waals surface area contributed by atoms with Crippen LogP contribution in [-0.4, -0.2) is 42.6 Å². The van der Waals surface area contributed by atoms with E-state index in [1.807, 2.05) is 5.57 Å². The predicted octanol–water partition coefficient (Wildman–Crippen LogP) is 7.03. The summed E-state index contributed by atoms with van der Waals surface area (Å²) in [5.74, 6) is 0. The van der Waals surface area contributed by atoms with Gasteiger partial charge in [-0.25, -0.2) is 0 Å². The van der Waals surface area contributed by atoms with Crippen molar-refractivity contribution in [3.8, 4) is 0 Å². The van der Waals surface area contributed by atoms with Crippen molar-refractivity contribution in [2.45, 2.75) is 77.0 Å². The molecule has 2 heterocycles. The molecule has 2 atom stereocenters. The molecule has 0 N–H and O–H groups in total. The third-order valence-corrected chi connectivity index (χ3v) is 19.1. The molecule has 0 aromatic rings. The molecule has 23 heavy (non-hydrogen) atoms. The van der Waals surface area contributed by atoms with E-state index >= 15 is 0 Å². The van der Waals surface area contributed by atoms with Crippen LogP contribution in [0.1, 0.15) is 65.7 Å². The Morgan fingerprint density at radius 3 is 1.87 bits per heavy atom. The molecule has 0 aromatic carbocycles. The average molecular weight is 352 g/mol. The number of hydrogen-bond donors (Lipinski definition) is 0. The van der Waals surface area contributed by atoms with Crippen LogP contribution in [0, 0.1) is 0 Å². The van der Waals surface area contributed by atoms with Gasteiger partial charge in [-0.05, 0) is 0 Å². The zero-order chi connectivity index (χ0) is 16.5. The molecule has 0 nitrogen and oxygen atoms in total. The van der Waals surface area contributed by atoms with Gasteiger partial charge in [-0.15, -0.1) is 0 Å². The molecule has 0 radical (unpaired) electrons. The van der Waals surface area contributed by atoms with Gasteiger partial charge in [0.15, 0.2) is 0 Å². The second-order valence-electron chi connectivity index (χ2n) is 8.99. The Bertz CT molecular complexity index is 462. The fraction of sp³-hybridized carbons (Fsp3) is 0.810. The Morgan fingerprint density at radius 2 is 1.39 bits per heavy atom. The van der Waals surface area contributed by atoms with Crippen molar-refractivity contribution in [2.24, 2.45) is 0 Å². The fourth-order valence-corrected chi connectivity index (χ4v) is 16.0. The molecule has 2 heteroatoms. The van der Waals surface area contributed by atoms with Crippen molar-refractivity contribution < 1.29 is 0 Å². The standard InChI is InChI=1S/C21H38P2/c1-18(2)22(4)21-13-11-12-20(21)19(3)23(14-7-5-8-15-23)16-9-6-10-17-23/h11,13,18-19H,5-10,12,14-17H2,1-4H3. The van der Waals surface area contributed by atoms with Gasteiger partial charge in [-0.2, -0.15) is 0 Å². The Labute approximate surface area is 146 Å². The molecule has 0 aromatic heterocycles. The SMILES string of the molecule is CC(C)P(C)C1=C(C(C)P23(CCCCC2)CCCCC3)CC=C1. The van der Waals surface area contributed by atoms with Crippen molar-refractivity contribution in [3.05, 3.63) is 23.0 Å². The summed E-state index contributed by atoms with van der Waals surface area (Å²) in [5, 5.41) is 1.80. The fourth-order valence-electron chi connectivity index (χ4n) is 5.91. The van der Waals surface area contributed by atoms with Gasteiger partial charge in [0.05, 0.1) is 0 Å². The van der Waals surface area contributed by atoms with E-state index in [4.69, 9.17) is 0 Å². The van der Waals surface area contributed by atoms with Gasteiger partial charge in [0.25, 0.3) is 0 Å². The molecule has 2 aliphatic heterocycles. The first-order chi connectivity index (χ1) is 11.0. The minimum absolute atomic E-state index is 0.0392. The minimum atomic E-state index is -1.49. The van der Waals surface area contributed by atoms with Crippen LogP contribution in [0.5, 0.6) is 0 Å². The Morgan fingerprint density at radius 1 is 0.870 bits per heavy atom. The normalized spacial score (nSPS) is 31.1. The van der Waals surface area contributed by atoms with E-state index in [9.17, 15) is 0 Å². The molecule has 2 fully saturated rings. The van der Waals surface area contributed by atoms with Gasteiger partial charge < -0.3 is 0 Å². The zero-order valence-corrected chi connectivity index (χ0v) is 17.8. The first kappa shape index (κ1) is 18.1. The van der Waals surface area contributed by atoms with Crippen LogP contribution >= 0.6 is 14.5 Å². The summed E-state index contributed by atoms with van der Waals surface area (Å²) in [6.45, 7) is 8.60. The molecule has 0 saturated carbocycles. The van der Waals surface area contributed by atoms with E-state index in [1.165, 1.54) is 19.3 Å². The summed E-state index contributed by atoms with van der Waals surface area (Å²) in [7, 11) is 0.0392. The molecule has 1 spiro atoms. The summed E-state index contributed by atoms with van der Waals surface area (Å²) in [4.78, 5) is 0. The summed E-state index contributed by atoms with van der Waals surface area (Å²) >= 11 is 0. The van der Waals surface area contributed by atoms with E-state index in [0.29, 0.717) is 0 Å². The summed E-state index contributed by atoms with van der Waals surface area (Å²) in [5.41, 5.74) is 3.68. The maximum atomic E-state index is 2.69. The van der Waals surface area contributed by atoms with Crippen LogP contribution in [0.4, 0.5) is 0 Å². The molecule has 3 rings (SSSR count). The molecular formula is C21H38P2. The summed E-state index contributed by atoms with van der Waals surface area (Å²) < 4.78 is 0. The van der Waals surface area contributed by atoms with Crippen LogP contribution in [-0.2, 0) is 0 Å². The second-order valence-corrected chi connectivity index (χ2v) is 18.4. The molecular weight excluding hydrogens is 314 g/mol. The van der Waals surface area contributed by atoms with E-state index in [0.717, 1.165) is 11.3 Å². The molecule has 132 valence electrons. The van der Waals surface area contributed by atoms with E-state index in [2.05, 4.69) is 39.6 Å². The van der Waals surface area contributed by atoms with Crippen LogP contribution in [0.3, 0.4) is 0 Å². The van der Waals surface area contributed by atoms with Crippen LogP contribution in [0.25, 0.3) is 0 Å². The molecule has 1 aliphatic carbocycles. The van der Waals surface area contributed by atoms with Crippen LogP contribution < -0.4 is 0 Å². The Balaban J connectivity index is 1.98. The van der Waals surface area contributed by atoms with Crippen molar-refractivity contribution in [1.82, 2.24) is 0 Å². The predicted molar refractivity (Wildman–Crippen MR) is 112 cm³/mol. The Kier molecular flexibility index (Phi) is 5.46. The molecule has 0 bridgehead atoms. The second kappa shape index (κ2) is 6.92. The van der Waals surface area contributed by atoms with Gasteiger partial charge in [-0.3, -0.25) is 0 Å². The van der Waals surface area contributed by atoms with Crippen molar-refractivity contribution >= 4 is 14.5 Å². The molecule has 2 unspecified atom stereocenters. The molecule has 0 amide bonds. The van der Waals surface area contributed by atoms with Crippen LogP contribution in [0.15, 0.2) is 23.0 Å². The quantitative estimate of drug-likeness (QED) is 0.476. The van der Waals surface area contributed by atoms with Gasteiger partial charge >= 0.3 is 146 Å². The number of hydrogen-bond acceptors (Lipinski definition) is 0. The summed E-state index contributed by atoms with van der Waals surface area (Å²) in [6.07, 6.45) is 22.1. The van der Waals surface area contributed by atoms with E-state index in [1.54, 1.807) is 55.6 Å². The van der Waals surface area contributed by atoms with Crippen molar-refractivity contribution in [1.29, 1.82) is 0 Å². The van der Waals surface area contributed by atoms with E-state index in [-0.39, 0.29) is 7.92 Å². The van der Waals surface area contributed by atoms with Crippen LogP contribution in [0.2, 0.25) is 0 Å². The third-order valence-electron chi connectivity index (χ3n) is 7.74. The molecule has 3 aliphatic rings. The monoisotopic (exact) mass is 352 g/mol. The Hall–Kier alpha value is 0.340. The van der Waals surface area contributed by atoms with Crippen molar-refractivity contribution in [3.63, 3.8) is 0 Å². The molecule has 2 saturated heterocycles. The van der Waals surface area contributed by atoms with Gasteiger partial charge in [0.2, 0.25) is 0 Å². The van der Waals surface area contributed by atoms with Gasteiger partial charge in [0.1, 0.15) is 0 Å². The first-order valence-electron chi connectivity index (χ1n) is 10.1. The average Bonchev–Trinajstić information content (AvgIpc) is 3.04.